The van der Waals surface area contributed by atoms with Crippen LogP contribution in [0.15, 0.2) is 53.3 Å². The highest BCUT2D eigenvalue weighted by Crippen LogP contribution is 2.30. The number of amides is 2. The summed E-state index contributed by atoms with van der Waals surface area (Å²) in [5, 5.41) is 3.97. The summed E-state index contributed by atoms with van der Waals surface area (Å²) < 4.78 is 4.91. The molecule has 3 heterocycles. The normalized spacial score (nSPS) is 16.4. The number of carbonyl (C=O) groups excluding carboxylic acids is 2. The summed E-state index contributed by atoms with van der Waals surface area (Å²) in [5.74, 6) is 0.0942. The number of fused-ring (bicyclic) bond motifs is 1. The number of piperidine rings is 1. The molecule has 1 aliphatic heterocycles. The molecule has 1 aromatic carbocycles. The highest BCUT2D eigenvalue weighted by Gasteiger charge is 2.28. The summed E-state index contributed by atoms with van der Waals surface area (Å²) in [6.07, 6.45) is 4.65. The lowest BCUT2D eigenvalue weighted by Gasteiger charge is -2.33. The number of para-hydroxylation sites is 1. The molecule has 140 valence electrons. The van der Waals surface area contributed by atoms with E-state index in [-0.39, 0.29) is 11.8 Å². The van der Waals surface area contributed by atoms with Crippen molar-refractivity contribution in [2.24, 2.45) is 0 Å². The lowest BCUT2D eigenvalue weighted by atomic mass is 9.93. The van der Waals surface area contributed by atoms with Crippen molar-refractivity contribution in [3.05, 3.63) is 60.2 Å². The van der Waals surface area contributed by atoms with Crippen molar-refractivity contribution in [2.75, 3.05) is 13.1 Å². The average molecular weight is 365 g/mol. The predicted molar refractivity (Wildman–Crippen MR) is 102 cm³/mol. The first kappa shape index (κ1) is 17.4. The molecule has 1 atom stereocenters. The number of likely N-dealkylation sites (tertiary alicyclic amines) is 1. The van der Waals surface area contributed by atoms with Crippen molar-refractivity contribution in [3.63, 3.8) is 0 Å². The van der Waals surface area contributed by atoms with E-state index in [2.05, 4.69) is 28.5 Å². The molecule has 4 rings (SSSR count). The molecule has 0 aliphatic carbocycles. The van der Waals surface area contributed by atoms with Gasteiger partial charge in [0.1, 0.15) is 12.3 Å². The van der Waals surface area contributed by atoms with Crippen LogP contribution in [0.1, 0.15) is 41.7 Å². The number of aromatic amines is 1. The van der Waals surface area contributed by atoms with Gasteiger partial charge < -0.3 is 19.6 Å². The zero-order valence-corrected chi connectivity index (χ0v) is 15.3. The van der Waals surface area contributed by atoms with Crippen molar-refractivity contribution in [3.8, 4) is 0 Å². The van der Waals surface area contributed by atoms with Crippen molar-refractivity contribution in [2.45, 2.75) is 31.7 Å². The Bertz CT molecular complexity index is 904. The van der Waals surface area contributed by atoms with Crippen LogP contribution in [0.5, 0.6) is 0 Å². The van der Waals surface area contributed by atoms with Crippen molar-refractivity contribution < 1.29 is 14.0 Å². The summed E-state index contributed by atoms with van der Waals surface area (Å²) in [6, 6.07) is 11.5. The van der Waals surface area contributed by atoms with Crippen LogP contribution < -0.4 is 5.32 Å². The fourth-order valence-corrected chi connectivity index (χ4v) is 3.74. The van der Waals surface area contributed by atoms with Gasteiger partial charge in [-0.15, -0.1) is 0 Å². The van der Waals surface area contributed by atoms with E-state index in [1.54, 1.807) is 13.0 Å². The molecule has 2 N–H and O–H groups in total. The van der Waals surface area contributed by atoms with Crippen LogP contribution in [-0.2, 0) is 4.79 Å². The third kappa shape index (κ3) is 3.60. The molecule has 0 spiro atoms. The van der Waals surface area contributed by atoms with Gasteiger partial charge in [-0.25, -0.2) is 0 Å². The minimum absolute atomic E-state index is 0.0399. The summed E-state index contributed by atoms with van der Waals surface area (Å²) >= 11 is 0. The third-order valence-corrected chi connectivity index (χ3v) is 5.30. The molecule has 27 heavy (non-hydrogen) atoms. The number of nitrogens with one attached hydrogen (secondary N) is 2. The second kappa shape index (κ2) is 7.31. The lowest BCUT2D eigenvalue weighted by molar-refractivity contribution is -0.133. The molecule has 3 aromatic rings. The first-order valence-electron chi connectivity index (χ1n) is 9.31. The van der Waals surface area contributed by atoms with Gasteiger partial charge in [-0.05, 0) is 43.4 Å². The van der Waals surface area contributed by atoms with Gasteiger partial charge >= 0.3 is 0 Å². The van der Waals surface area contributed by atoms with Gasteiger partial charge in [0, 0.05) is 30.2 Å². The molecular weight excluding hydrogens is 342 g/mol. The maximum Gasteiger partial charge on any atom is 0.255 e. The standard InChI is InChI=1S/C21H23N3O3/c1-14(22-20(25)17-8-11-27-13-17)21(26)24-9-6-15(7-10-24)19-12-16-4-2-3-5-18(16)23-19/h2-5,8,11-15,23H,6-7,9-10H2,1H3,(H,22,25). The van der Waals surface area contributed by atoms with Crippen LogP contribution in [0.4, 0.5) is 0 Å². The van der Waals surface area contributed by atoms with Crippen LogP contribution in [0, 0.1) is 0 Å². The summed E-state index contributed by atoms with van der Waals surface area (Å²) in [4.78, 5) is 30.1. The second-order valence-electron chi connectivity index (χ2n) is 7.12. The number of hydrogen-bond acceptors (Lipinski definition) is 3. The molecule has 1 unspecified atom stereocenters. The van der Waals surface area contributed by atoms with Gasteiger partial charge in [0.25, 0.3) is 5.91 Å². The van der Waals surface area contributed by atoms with Gasteiger partial charge in [0.15, 0.2) is 0 Å². The van der Waals surface area contributed by atoms with E-state index in [9.17, 15) is 9.59 Å². The maximum atomic E-state index is 12.7. The Morgan fingerprint density at radius 2 is 2.00 bits per heavy atom. The van der Waals surface area contributed by atoms with E-state index in [0.717, 1.165) is 18.4 Å². The number of rotatable bonds is 4. The van der Waals surface area contributed by atoms with E-state index >= 15 is 0 Å². The Morgan fingerprint density at radius 3 is 2.70 bits per heavy atom. The SMILES string of the molecule is CC(NC(=O)c1ccoc1)C(=O)N1CCC(c2cc3ccccc3[nH]2)CC1. The quantitative estimate of drug-likeness (QED) is 0.745. The molecule has 2 aromatic heterocycles. The second-order valence-corrected chi connectivity index (χ2v) is 7.12. The molecule has 0 saturated carbocycles. The highest BCUT2D eigenvalue weighted by atomic mass is 16.3. The van der Waals surface area contributed by atoms with Crippen LogP contribution in [0.25, 0.3) is 10.9 Å². The number of carbonyl (C=O) groups is 2. The molecule has 0 radical (unpaired) electrons. The number of hydrogen-bond donors (Lipinski definition) is 2. The minimum Gasteiger partial charge on any atom is -0.472 e. The summed E-state index contributed by atoms with van der Waals surface area (Å²) in [7, 11) is 0. The molecule has 2 amide bonds. The van der Waals surface area contributed by atoms with E-state index in [0.29, 0.717) is 24.6 Å². The number of furan rings is 1. The number of benzene rings is 1. The molecular formula is C21H23N3O3. The van der Waals surface area contributed by atoms with Crippen LogP contribution in [-0.4, -0.2) is 40.8 Å². The van der Waals surface area contributed by atoms with Gasteiger partial charge in [-0.1, -0.05) is 18.2 Å². The summed E-state index contributed by atoms with van der Waals surface area (Å²) in [5.41, 5.74) is 2.82. The minimum atomic E-state index is -0.558. The Labute approximate surface area is 157 Å². The smallest absolute Gasteiger partial charge is 0.255 e. The van der Waals surface area contributed by atoms with Crippen molar-refractivity contribution >= 4 is 22.7 Å². The molecule has 1 fully saturated rings. The zero-order chi connectivity index (χ0) is 18.8. The number of aromatic nitrogens is 1. The number of H-pyrrole nitrogens is 1. The Kier molecular flexibility index (Phi) is 4.71. The van der Waals surface area contributed by atoms with Crippen LogP contribution >= 0.6 is 0 Å². The van der Waals surface area contributed by atoms with Crippen LogP contribution in [0.2, 0.25) is 0 Å². The molecule has 6 nitrogen and oxygen atoms in total. The van der Waals surface area contributed by atoms with Crippen LogP contribution in [0.3, 0.4) is 0 Å². The zero-order valence-electron chi connectivity index (χ0n) is 15.3. The van der Waals surface area contributed by atoms with Gasteiger partial charge in [-0.2, -0.15) is 0 Å². The van der Waals surface area contributed by atoms with E-state index in [4.69, 9.17) is 4.42 Å². The molecule has 6 heteroatoms. The Morgan fingerprint density at radius 1 is 1.22 bits per heavy atom. The average Bonchev–Trinajstić information content (AvgIpc) is 3.37. The predicted octanol–water partition coefficient (Wildman–Crippen LogP) is 3.29. The Balaban J connectivity index is 1.34. The van der Waals surface area contributed by atoms with E-state index in [1.165, 1.54) is 23.6 Å². The van der Waals surface area contributed by atoms with Gasteiger partial charge in [0.2, 0.25) is 5.91 Å². The summed E-state index contributed by atoms with van der Waals surface area (Å²) in [6.45, 7) is 3.12. The largest absolute Gasteiger partial charge is 0.472 e. The monoisotopic (exact) mass is 365 g/mol. The third-order valence-electron chi connectivity index (χ3n) is 5.30. The van der Waals surface area contributed by atoms with Crippen molar-refractivity contribution in [1.29, 1.82) is 0 Å². The van der Waals surface area contributed by atoms with Gasteiger partial charge in [0.05, 0.1) is 11.8 Å². The molecule has 1 aliphatic rings. The highest BCUT2D eigenvalue weighted by molar-refractivity contribution is 5.97. The van der Waals surface area contributed by atoms with Gasteiger partial charge in [-0.3, -0.25) is 9.59 Å². The first-order valence-corrected chi connectivity index (χ1v) is 9.31. The fraction of sp³-hybridized carbons (Fsp3) is 0.333. The molecule has 1 saturated heterocycles. The first-order chi connectivity index (χ1) is 13.1. The maximum absolute atomic E-state index is 12.7. The fourth-order valence-electron chi connectivity index (χ4n) is 3.74. The van der Waals surface area contributed by atoms with E-state index < -0.39 is 6.04 Å². The topological polar surface area (TPSA) is 78.3 Å². The lowest BCUT2D eigenvalue weighted by Crippen LogP contribution is -2.49. The number of nitrogens with zero attached hydrogens (tertiary/aromatic N) is 1. The van der Waals surface area contributed by atoms with E-state index in [1.807, 2.05) is 17.0 Å². The molecule has 0 bridgehead atoms. The Hall–Kier alpha value is -3.02. The van der Waals surface area contributed by atoms with Crippen molar-refractivity contribution in [1.82, 2.24) is 15.2 Å².